The molecule has 31 heteroatoms. The van der Waals surface area contributed by atoms with Crippen LogP contribution in [0.5, 0.6) is 40.5 Å². The lowest BCUT2D eigenvalue weighted by Crippen LogP contribution is -2.22. The number of rotatable bonds is 21. The number of nitrogens with zero attached hydrogens (tertiary/aromatic N) is 9. The maximum Gasteiger partial charge on any atom is 0.316 e. The van der Waals surface area contributed by atoms with Crippen LogP contribution in [-0.4, -0.2) is 114 Å². The molecule has 0 amide bonds. The lowest BCUT2D eigenvalue weighted by Gasteiger charge is -2.17. The van der Waals surface area contributed by atoms with Gasteiger partial charge >= 0.3 is 5.56 Å². The summed E-state index contributed by atoms with van der Waals surface area (Å²) < 4.78 is 51.3. The standard InChI is InChI=1S/C19H17ClFN3O2.C17H24ClN3O2Si.C12H12ClN3O2.C10H17ClN2O2Si.C5H4Cl2N2O/c1-12-15(20)4-3-5-16(12)22-19-23-18(25)17(26-2)11-24(19)10-13-6-8-14(21)9-7-13;1-12-13(18)7-6-8-14(12)20-17-19-11-15(22-2)16(21-17)23-9-10-24(3,4)5;1-7-8(13)4-3-5-9(7)15-12-14-6-10(18-2)11(17)16-12;1-14-8-7-12-10(11)13-9(8)15-5-6-16(2,3)4;1-10-3-2-8-5(7)9-4(3)6/h3-9,11H,10H2,1-2H3,(H,22,23,25);6-8,11H,9-10H2,1-5H3,(H,19,20,21);3-6H,1-2H3,(H2,14,15,16,17);7H,5-6H2,1-4H3;2H,1H3. The molecule has 0 radical (unpaired) electrons. The summed E-state index contributed by atoms with van der Waals surface area (Å²) >= 11 is 35.0. The molecule has 94 heavy (non-hydrogen) atoms. The Morgan fingerprint density at radius 3 is 1.44 bits per heavy atom. The van der Waals surface area contributed by atoms with Crippen LogP contribution >= 0.6 is 69.6 Å². The highest BCUT2D eigenvalue weighted by atomic mass is 35.5. The summed E-state index contributed by atoms with van der Waals surface area (Å²) in [4.78, 5) is 58.1. The first-order chi connectivity index (χ1) is 44.5. The molecule has 5 aromatic heterocycles. The van der Waals surface area contributed by atoms with Crippen molar-refractivity contribution in [2.24, 2.45) is 0 Å². The van der Waals surface area contributed by atoms with Crippen LogP contribution in [0.25, 0.3) is 0 Å². The van der Waals surface area contributed by atoms with E-state index in [1.165, 1.54) is 52.1 Å². The zero-order valence-corrected chi connectivity index (χ0v) is 60.8. The van der Waals surface area contributed by atoms with Gasteiger partial charge in [0.15, 0.2) is 22.4 Å². The first-order valence-electron chi connectivity index (χ1n) is 28.6. The number of hydrogen-bond donors (Lipinski definition) is 4. The van der Waals surface area contributed by atoms with Gasteiger partial charge in [0.2, 0.25) is 39.9 Å². The number of ether oxygens (including phenoxy) is 7. The number of H-pyrrole nitrogens is 1. The minimum absolute atomic E-state index is 0.116. The molecule has 0 aliphatic carbocycles. The summed E-state index contributed by atoms with van der Waals surface area (Å²) in [6, 6.07) is 24.8. The van der Waals surface area contributed by atoms with Gasteiger partial charge in [-0.15, -0.1) is 0 Å². The molecule has 0 aliphatic heterocycles. The topological polar surface area (TPSA) is 259 Å². The van der Waals surface area contributed by atoms with E-state index < -0.39 is 21.7 Å². The van der Waals surface area contributed by atoms with Crippen LogP contribution in [0.15, 0.2) is 119 Å². The van der Waals surface area contributed by atoms with E-state index in [1.807, 2.05) is 63.2 Å². The second-order valence-corrected chi connectivity index (χ2v) is 35.8. The maximum absolute atomic E-state index is 13.1. The molecule has 9 aromatic rings. The molecule has 0 unspecified atom stereocenters. The minimum atomic E-state index is -1.17. The number of hydrogen-bond acceptors (Lipinski definition) is 20. The fourth-order valence-electron chi connectivity index (χ4n) is 7.42. The summed E-state index contributed by atoms with van der Waals surface area (Å²) in [7, 11) is 5.19. The largest absolute Gasteiger partial charge is 0.492 e. The highest BCUT2D eigenvalue weighted by Crippen LogP contribution is 2.31. The third-order valence-corrected chi connectivity index (χ3v) is 18.2. The molecule has 502 valence electrons. The minimum Gasteiger partial charge on any atom is -0.492 e. The summed E-state index contributed by atoms with van der Waals surface area (Å²) in [5.41, 5.74) is 5.09. The van der Waals surface area contributed by atoms with E-state index in [0.717, 1.165) is 51.4 Å². The average molecular weight is 1450 g/mol. The molecule has 0 saturated carbocycles. The molecule has 4 N–H and O–H groups in total. The molecule has 0 saturated heterocycles. The maximum atomic E-state index is 13.1. The molecule has 0 bridgehead atoms. The Morgan fingerprint density at radius 1 is 0.511 bits per heavy atom. The van der Waals surface area contributed by atoms with Crippen molar-refractivity contribution in [1.29, 1.82) is 0 Å². The van der Waals surface area contributed by atoms with Crippen molar-refractivity contribution in [3.63, 3.8) is 0 Å². The van der Waals surface area contributed by atoms with Crippen LogP contribution in [-0.2, 0) is 6.54 Å². The van der Waals surface area contributed by atoms with Gasteiger partial charge in [-0.05, 0) is 127 Å². The molecular formula is C63H74Cl6FN13O9Si2. The van der Waals surface area contributed by atoms with Crippen LogP contribution in [0.4, 0.5) is 39.3 Å². The highest BCUT2D eigenvalue weighted by Gasteiger charge is 2.18. The summed E-state index contributed by atoms with van der Waals surface area (Å²) in [5.74, 6) is 3.45. The van der Waals surface area contributed by atoms with Crippen LogP contribution in [0.2, 0.25) is 82.2 Å². The fraction of sp³-hybridized carbons (Fsp3) is 0.302. The van der Waals surface area contributed by atoms with E-state index >= 15 is 0 Å². The molecule has 0 aliphatic rings. The highest BCUT2D eigenvalue weighted by molar-refractivity contribution is 6.76. The van der Waals surface area contributed by atoms with Crippen molar-refractivity contribution >= 4 is 121 Å². The van der Waals surface area contributed by atoms with E-state index in [0.29, 0.717) is 81.7 Å². The first-order valence-corrected chi connectivity index (χ1v) is 38.3. The smallest absolute Gasteiger partial charge is 0.316 e. The van der Waals surface area contributed by atoms with Gasteiger partial charge in [0.1, 0.15) is 5.82 Å². The number of aromatic amines is 1. The first kappa shape index (κ1) is 76.7. The fourth-order valence-corrected chi connectivity index (χ4v) is 9.88. The third kappa shape index (κ3) is 25.0. The van der Waals surface area contributed by atoms with Gasteiger partial charge in [0, 0.05) is 48.3 Å². The lowest BCUT2D eigenvalue weighted by molar-refractivity contribution is 0.296. The third-order valence-electron chi connectivity index (χ3n) is 12.9. The van der Waals surface area contributed by atoms with Gasteiger partial charge in [-0.25, -0.2) is 29.3 Å². The number of methoxy groups -OCH3 is 5. The molecule has 5 heterocycles. The summed E-state index contributed by atoms with van der Waals surface area (Å²) in [6.07, 6.45) is 7.47. The SMILES string of the molecule is COc1cn(Cc2ccc(F)cc2)c(Nc2cccc(Cl)c2C)nc1=O.COc1cnc(Cl)nc1Cl.COc1cnc(Cl)nc1OCC[Si](C)(C)C.COc1cnc(Nc2cccc(Cl)c2C)[nH]c1=O.COc1cnc(Nc2cccc(Cl)c2C)nc1OCC[Si](C)(C)C. The Bertz CT molecular complexity index is 4060. The van der Waals surface area contributed by atoms with E-state index in [2.05, 4.69) is 100 Å². The van der Waals surface area contributed by atoms with Gasteiger partial charge in [-0.1, -0.05) is 116 Å². The van der Waals surface area contributed by atoms with Gasteiger partial charge in [-0.2, -0.15) is 15.0 Å². The number of benzene rings is 4. The van der Waals surface area contributed by atoms with Crippen molar-refractivity contribution in [1.82, 2.24) is 49.4 Å². The van der Waals surface area contributed by atoms with E-state index in [-0.39, 0.29) is 38.6 Å². The summed E-state index contributed by atoms with van der Waals surface area (Å²) in [6.45, 7) is 21.1. The van der Waals surface area contributed by atoms with Crippen molar-refractivity contribution in [3.8, 4) is 40.5 Å². The number of nitrogens with one attached hydrogen (secondary N) is 4. The van der Waals surface area contributed by atoms with Crippen molar-refractivity contribution in [2.75, 3.05) is 64.7 Å². The van der Waals surface area contributed by atoms with E-state index in [4.69, 9.17) is 103 Å². The van der Waals surface area contributed by atoms with Gasteiger partial charge < -0.3 is 53.7 Å². The molecular weight excluding hydrogens is 1370 g/mol. The Morgan fingerprint density at radius 2 is 0.957 bits per heavy atom. The van der Waals surface area contributed by atoms with E-state index in [1.54, 1.807) is 55.4 Å². The quantitative estimate of drug-likeness (QED) is 0.0296. The van der Waals surface area contributed by atoms with Crippen LogP contribution in [0.1, 0.15) is 22.3 Å². The predicted molar refractivity (Wildman–Crippen MR) is 378 cm³/mol. The monoisotopic (exact) mass is 1440 g/mol. The molecule has 4 aromatic carbocycles. The molecule has 9 rings (SSSR count). The van der Waals surface area contributed by atoms with Crippen molar-refractivity contribution in [2.45, 2.75) is 78.7 Å². The Labute approximate surface area is 577 Å². The zero-order valence-electron chi connectivity index (χ0n) is 54.3. The lowest BCUT2D eigenvalue weighted by atomic mass is 10.2. The second-order valence-electron chi connectivity index (χ2n) is 22.3. The normalized spacial score (nSPS) is 10.7. The van der Waals surface area contributed by atoms with Gasteiger partial charge in [0.25, 0.3) is 17.3 Å². The second kappa shape index (κ2) is 37.2. The Hall–Kier alpha value is -8.02. The Balaban J connectivity index is 0.000000219. The van der Waals surface area contributed by atoms with Gasteiger partial charge in [0.05, 0.1) is 86.3 Å². The van der Waals surface area contributed by atoms with Crippen molar-refractivity contribution in [3.05, 3.63) is 189 Å². The van der Waals surface area contributed by atoms with Crippen LogP contribution in [0.3, 0.4) is 0 Å². The zero-order chi connectivity index (χ0) is 69.3. The van der Waals surface area contributed by atoms with Crippen LogP contribution in [0, 0.1) is 26.6 Å². The Kier molecular flexibility index (Phi) is 30.3. The van der Waals surface area contributed by atoms with Crippen molar-refractivity contribution < 1.29 is 37.5 Å². The number of anilines is 6. The van der Waals surface area contributed by atoms with E-state index in [9.17, 15) is 14.0 Å². The molecule has 0 atom stereocenters. The van der Waals surface area contributed by atoms with Crippen LogP contribution < -0.4 is 60.2 Å². The predicted octanol–water partition coefficient (Wildman–Crippen LogP) is 16.2. The molecule has 0 fully saturated rings. The summed E-state index contributed by atoms with van der Waals surface area (Å²) in [5, 5.41) is 11.8. The molecule has 0 spiro atoms. The van der Waals surface area contributed by atoms with Gasteiger partial charge in [-0.3, -0.25) is 14.6 Å². The average Bonchev–Trinajstić information content (AvgIpc) is 0.850. The number of halogens is 7. The number of aromatic nitrogens is 10. The molecule has 22 nitrogen and oxygen atoms in total.